The number of benzene rings is 2. The number of carbonyl (C=O) groups is 1. The highest BCUT2D eigenvalue weighted by Crippen LogP contribution is 2.26. The third-order valence-electron chi connectivity index (χ3n) is 5.06. The third-order valence-corrected chi connectivity index (χ3v) is 7.86. The van der Waals surface area contributed by atoms with Crippen molar-refractivity contribution in [2.24, 2.45) is 0 Å². The summed E-state index contributed by atoms with van der Waals surface area (Å²) >= 11 is 18.0. The van der Waals surface area contributed by atoms with E-state index in [9.17, 15) is 13.2 Å². The van der Waals surface area contributed by atoms with Crippen LogP contribution in [-0.4, -0.2) is 43.2 Å². The van der Waals surface area contributed by atoms with Crippen molar-refractivity contribution in [2.45, 2.75) is 37.1 Å². The highest BCUT2D eigenvalue weighted by Gasteiger charge is 2.29. The molecule has 0 unspecified atom stereocenters. The highest BCUT2D eigenvalue weighted by molar-refractivity contribution is 7.89. The van der Waals surface area contributed by atoms with E-state index in [0.29, 0.717) is 33.7 Å². The molecule has 2 aromatic carbocycles. The summed E-state index contributed by atoms with van der Waals surface area (Å²) < 4.78 is 27.9. The van der Waals surface area contributed by atoms with Gasteiger partial charge >= 0.3 is 0 Å². The Morgan fingerprint density at radius 1 is 0.900 bits per heavy atom. The summed E-state index contributed by atoms with van der Waals surface area (Å²) in [6, 6.07) is 10.8. The molecule has 30 heavy (non-hydrogen) atoms. The van der Waals surface area contributed by atoms with Crippen LogP contribution in [0.2, 0.25) is 15.1 Å². The topological polar surface area (TPSA) is 57.7 Å². The van der Waals surface area contributed by atoms with Crippen LogP contribution in [0.3, 0.4) is 0 Å². The Labute approximate surface area is 192 Å². The van der Waals surface area contributed by atoms with Crippen molar-refractivity contribution in [3.63, 3.8) is 0 Å². The molecular weight excluding hydrogens is 467 g/mol. The molecule has 0 spiro atoms. The first-order chi connectivity index (χ1) is 14.3. The number of halogens is 3. The van der Waals surface area contributed by atoms with Gasteiger partial charge in [0.1, 0.15) is 0 Å². The van der Waals surface area contributed by atoms with Gasteiger partial charge in [-0.15, -0.1) is 0 Å². The predicted molar refractivity (Wildman–Crippen MR) is 121 cm³/mol. The van der Waals surface area contributed by atoms with Crippen molar-refractivity contribution in [1.29, 1.82) is 0 Å². The van der Waals surface area contributed by atoms with Crippen LogP contribution in [0, 0.1) is 0 Å². The van der Waals surface area contributed by atoms with Gasteiger partial charge in [-0.1, -0.05) is 53.7 Å². The van der Waals surface area contributed by atoms with Crippen molar-refractivity contribution in [3.05, 3.63) is 63.1 Å². The standard InChI is InChI=1S/C21H23Cl3N2O3S/c22-17-6-8-18(9-7-17)30(28,29)26(14-16-5-10-19(23)20(24)13-16)15-21(27)25-11-3-1-2-4-12-25/h5-10,13H,1-4,11-12,14-15H2. The number of likely N-dealkylation sites (tertiary alicyclic amines) is 1. The van der Waals surface area contributed by atoms with Crippen molar-refractivity contribution < 1.29 is 13.2 Å². The van der Waals surface area contributed by atoms with E-state index in [1.165, 1.54) is 28.6 Å². The van der Waals surface area contributed by atoms with E-state index < -0.39 is 10.0 Å². The van der Waals surface area contributed by atoms with E-state index >= 15 is 0 Å². The van der Waals surface area contributed by atoms with Gasteiger partial charge in [-0.3, -0.25) is 4.79 Å². The average Bonchev–Trinajstić information content (AvgIpc) is 3.00. The first-order valence-corrected chi connectivity index (χ1v) is 12.3. The summed E-state index contributed by atoms with van der Waals surface area (Å²) in [5.74, 6) is -0.200. The predicted octanol–water partition coefficient (Wildman–Crippen LogP) is 5.24. The van der Waals surface area contributed by atoms with Gasteiger partial charge in [0.25, 0.3) is 0 Å². The number of nitrogens with zero attached hydrogens (tertiary/aromatic N) is 2. The summed E-state index contributed by atoms with van der Waals surface area (Å²) in [6.07, 6.45) is 4.03. The van der Waals surface area contributed by atoms with Gasteiger partial charge in [-0.05, 0) is 54.8 Å². The van der Waals surface area contributed by atoms with E-state index in [-0.39, 0.29) is 23.9 Å². The first kappa shape index (κ1) is 23.4. The molecule has 0 N–H and O–H groups in total. The normalized spacial score (nSPS) is 15.3. The largest absolute Gasteiger partial charge is 0.342 e. The Kier molecular flexibility index (Phi) is 8.04. The zero-order valence-corrected chi connectivity index (χ0v) is 19.4. The van der Waals surface area contributed by atoms with E-state index in [1.807, 2.05) is 0 Å². The van der Waals surface area contributed by atoms with Gasteiger partial charge in [0, 0.05) is 24.7 Å². The second kappa shape index (κ2) is 10.3. The Balaban J connectivity index is 1.89. The number of carbonyl (C=O) groups excluding carboxylic acids is 1. The summed E-state index contributed by atoms with van der Waals surface area (Å²) in [7, 11) is -3.93. The van der Waals surface area contributed by atoms with Gasteiger partial charge in [-0.2, -0.15) is 4.31 Å². The van der Waals surface area contributed by atoms with E-state index in [4.69, 9.17) is 34.8 Å². The molecule has 0 radical (unpaired) electrons. The molecule has 0 aromatic heterocycles. The fourth-order valence-corrected chi connectivity index (χ4v) is 5.22. The SMILES string of the molecule is O=C(CN(Cc1ccc(Cl)c(Cl)c1)S(=O)(=O)c1ccc(Cl)cc1)N1CCCCCC1. The highest BCUT2D eigenvalue weighted by atomic mass is 35.5. The summed E-state index contributed by atoms with van der Waals surface area (Å²) in [5.41, 5.74) is 0.644. The third kappa shape index (κ3) is 5.89. The maximum absolute atomic E-state index is 13.3. The molecular formula is C21H23Cl3N2O3S. The minimum Gasteiger partial charge on any atom is -0.342 e. The minimum absolute atomic E-state index is 0.00142. The molecule has 1 amide bonds. The fraction of sp³-hybridized carbons (Fsp3) is 0.381. The van der Waals surface area contributed by atoms with Crippen LogP contribution in [0.25, 0.3) is 0 Å². The number of sulfonamides is 1. The zero-order valence-electron chi connectivity index (χ0n) is 16.4. The summed E-state index contributed by atoms with van der Waals surface area (Å²) in [6.45, 7) is 1.06. The van der Waals surface area contributed by atoms with Crippen LogP contribution in [0.15, 0.2) is 47.4 Å². The summed E-state index contributed by atoms with van der Waals surface area (Å²) in [4.78, 5) is 14.8. The van der Waals surface area contributed by atoms with Crippen LogP contribution in [0.1, 0.15) is 31.2 Å². The second-order valence-corrected chi connectivity index (χ2v) is 10.5. The van der Waals surface area contributed by atoms with Crippen LogP contribution < -0.4 is 0 Å². The van der Waals surface area contributed by atoms with E-state index in [0.717, 1.165) is 25.7 Å². The van der Waals surface area contributed by atoms with Crippen molar-refractivity contribution >= 4 is 50.7 Å². The van der Waals surface area contributed by atoms with Crippen LogP contribution in [-0.2, 0) is 21.4 Å². The number of rotatable bonds is 6. The molecule has 1 saturated heterocycles. The number of amides is 1. The molecule has 3 rings (SSSR count). The number of hydrogen-bond donors (Lipinski definition) is 0. The first-order valence-electron chi connectivity index (χ1n) is 9.75. The number of hydrogen-bond acceptors (Lipinski definition) is 3. The second-order valence-electron chi connectivity index (χ2n) is 7.27. The molecule has 1 heterocycles. The summed E-state index contributed by atoms with van der Waals surface area (Å²) in [5, 5.41) is 1.15. The molecule has 2 aromatic rings. The zero-order chi connectivity index (χ0) is 21.7. The van der Waals surface area contributed by atoms with E-state index in [1.54, 1.807) is 23.1 Å². The molecule has 162 valence electrons. The van der Waals surface area contributed by atoms with Gasteiger partial charge < -0.3 is 4.90 Å². The quantitative estimate of drug-likeness (QED) is 0.557. The Morgan fingerprint density at radius 3 is 2.13 bits per heavy atom. The van der Waals surface area contributed by atoms with Crippen molar-refractivity contribution in [1.82, 2.24) is 9.21 Å². The molecule has 0 atom stereocenters. The Morgan fingerprint density at radius 2 is 1.53 bits per heavy atom. The smallest absolute Gasteiger partial charge is 0.243 e. The lowest BCUT2D eigenvalue weighted by Gasteiger charge is -2.26. The van der Waals surface area contributed by atoms with Crippen LogP contribution in [0.5, 0.6) is 0 Å². The lowest BCUT2D eigenvalue weighted by atomic mass is 10.2. The lowest BCUT2D eigenvalue weighted by molar-refractivity contribution is -0.131. The van der Waals surface area contributed by atoms with Gasteiger partial charge in [-0.25, -0.2) is 8.42 Å². The Bertz CT molecular complexity index is 989. The Hall–Kier alpha value is -1.31. The molecule has 0 aliphatic carbocycles. The monoisotopic (exact) mass is 488 g/mol. The molecule has 0 bridgehead atoms. The molecule has 1 aliphatic heterocycles. The van der Waals surface area contributed by atoms with Crippen LogP contribution >= 0.6 is 34.8 Å². The molecule has 0 saturated carbocycles. The average molecular weight is 490 g/mol. The van der Waals surface area contributed by atoms with Crippen molar-refractivity contribution in [3.8, 4) is 0 Å². The molecule has 9 heteroatoms. The molecule has 5 nitrogen and oxygen atoms in total. The van der Waals surface area contributed by atoms with Gasteiger partial charge in [0.2, 0.25) is 15.9 Å². The fourth-order valence-electron chi connectivity index (χ4n) is 3.39. The van der Waals surface area contributed by atoms with Gasteiger partial charge in [0.05, 0.1) is 21.5 Å². The van der Waals surface area contributed by atoms with Crippen molar-refractivity contribution in [2.75, 3.05) is 19.6 Å². The van der Waals surface area contributed by atoms with E-state index in [2.05, 4.69) is 0 Å². The molecule has 1 aliphatic rings. The van der Waals surface area contributed by atoms with Gasteiger partial charge in [0.15, 0.2) is 0 Å². The molecule has 1 fully saturated rings. The van der Waals surface area contributed by atoms with Crippen LogP contribution in [0.4, 0.5) is 0 Å². The maximum Gasteiger partial charge on any atom is 0.243 e. The lowest BCUT2D eigenvalue weighted by Crippen LogP contribution is -2.43. The minimum atomic E-state index is -3.93. The maximum atomic E-state index is 13.3.